The summed E-state index contributed by atoms with van der Waals surface area (Å²) in [6.07, 6.45) is 3.86. The minimum atomic E-state index is -0.227. The van der Waals surface area contributed by atoms with Crippen LogP contribution in [0.2, 0.25) is 0 Å². The molecule has 1 aromatic heterocycles. The summed E-state index contributed by atoms with van der Waals surface area (Å²) in [5, 5.41) is 4.45. The number of methoxy groups -OCH3 is 1. The minimum Gasteiger partial charge on any atom is -0.380 e. The van der Waals surface area contributed by atoms with E-state index in [1.165, 1.54) is 0 Å². The van der Waals surface area contributed by atoms with Crippen molar-refractivity contribution < 1.29 is 19.0 Å². The number of piperidine rings is 1. The van der Waals surface area contributed by atoms with Gasteiger partial charge in [-0.1, -0.05) is 0 Å². The van der Waals surface area contributed by atoms with Crippen LogP contribution in [0.3, 0.4) is 0 Å². The average Bonchev–Trinajstić information content (AvgIpc) is 3.03. The molecule has 1 atom stereocenters. The zero-order chi connectivity index (χ0) is 18.6. The van der Waals surface area contributed by atoms with Gasteiger partial charge in [-0.3, -0.25) is 9.48 Å². The van der Waals surface area contributed by atoms with Crippen molar-refractivity contribution in [3.05, 3.63) is 17.5 Å². The second-order valence-electron chi connectivity index (χ2n) is 7.16. The molecular formula is C19H31N3O4. The van der Waals surface area contributed by atoms with Gasteiger partial charge in [-0.2, -0.15) is 5.10 Å². The van der Waals surface area contributed by atoms with Crippen molar-refractivity contribution in [2.24, 2.45) is 0 Å². The molecule has 26 heavy (non-hydrogen) atoms. The van der Waals surface area contributed by atoms with Crippen LogP contribution in [0.4, 0.5) is 0 Å². The second kappa shape index (κ2) is 8.50. The third-order valence-electron chi connectivity index (χ3n) is 5.54. The largest absolute Gasteiger partial charge is 0.380 e. The fourth-order valence-corrected chi connectivity index (χ4v) is 4.13. The zero-order valence-corrected chi connectivity index (χ0v) is 16.2. The van der Waals surface area contributed by atoms with Gasteiger partial charge in [0.2, 0.25) is 0 Å². The zero-order valence-electron chi connectivity index (χ0n) is 16.2. The summed E-state index contributed by atoms with van der Waals surface area (Å²) in [4.78, 5) is 15.0. The minimum absolute atomic E-state index is 0.0433. The van der Waals surface area contributed by atoms with Crippen LogP contribution in [-0.4, -0.2) is 72.3 Å². The number of aromatic nitrogens is 2. The molecule has 2 fully saturated rings. The number of likely N-dealkylation sites (tertiary alicyclic amines) is 1. The van der Waals surface area contributed by atoms with E-state index >= 15 is 0 Å². The maximum absolute atomic E-state index is 13.0. The molecular weight excluding hydrogens is 334 g/mol. The molecule has 0 bridgehead atoms. The molecule has 1 spiro atoms. The van der Waals surface area contributed by atoms with Crippen LogP contribution in [-0.2, 0) is 20.8 Å². The quantitative estimate of drug-likeness (QED) is 0.722. The van der Waals surface area contributed by atoms with Gasteiger partial charge in [0, 0.05) is 33.4 Å². The summed E-state index contributed by atoms with van der Waals surface area (Å²) < 4.78 is 19.0. The third kappa shape index (κ3) is 3.94. The highest BCUT2D eigenvalue weighted by atomic mass is 16.5. The van der Waals surface area contributed by atoms with Crippen molar-refractivity contribution in [2.45, 2.75) is 57.8 Å². The number of aryl methyl sites for hydroxylation is 1. The van der Waals surface area contributed by atoms with Crippen molar-refractivity contribution in [3.63, 3.8) is 0 Å². The summed E-state index contributed by atoms with van der Waals surface area (Å²) in [5.41, 5.74) is 1.27. The molecule has 3 rings (SSSR count). The molecule has 7 heteroatoms. The van der Waals surface area contributed by atoms with Crippen LogP contribution in [0.15, 0.2) is 6.07 Å². The Bertz CT molecular complexity index is 608. The molecule has 2 saturated heterocycles. The molecule has 0 saturated carbocycles. The van der Waals surface area contributed by atoms with Gasteiger partial charge in [0.1, 0.15) is 5.69 Å². The number of hydrogen-bond donors (Lipinski definition) is 0. The maximum atomic E-state index is 13.0. The fourth-order valence-electron chi connectivity index (χ4n) is 4.13. The van der Waals surface area contributed by atoms with Gasteiger partial charge in [0.15, 0.2) is 0 Å². The van der Waals surface area contributed by atoms with Crippen molar-refractivity contribution in [1.82, 2.24) is 14.7 Å². The molecule has 1 aromatic rings. The first-order chi connectivity index (χ1) is 12.6. The van der Waals surface area contributed by atoms with Crippen LogP contribution < -0.4 is 0 Å². The molecule has 7 nitrogen and oxygen atoms in total. The predicted octanol–water partition coefficient (Wildman–Crippen LogP) is 2.03. The Morgan fingerprint density at radius 3 is 2.88 bits per heavy atom. The molecule has 0 radical (unpaired) electrons. The number of carbonyl (C=O) groups is 1. The fraction of sp³-hybridized carbons (Fsp3) is 0.789. The molecule has 3 heterocycles. The van der Waals surface area contributed by atoms with Gasteiger partial charge in [-0.25, -0.2) is 0 Å². The lowest BCUT2D eigenvalue weighted by molar-refractivity contribution is -0.183. The summed E-state index contributed by atoms with van der Waals surface area (Å²) in [6.45, 7) is 7.86. The van der Waals surface area contributed by atoms with Crippen LogP contribution in [0.25, 0.3) is 0 Å². The number of amides is 1. The Morgan fingerprint density at radius 1 is 1.42 bits per heavy atom. The highest BCUT2D eigenvalue weighted by Crippen LogP contribution is 2.37. The lowest BCUT2D eigenvalue weighted by atomic mass is 9.82. The van der Waals surface area contributed by atoms with E-state index in [-0.39, 0.29) is 17.6 Å². The van der Waals surface area contributed by atoms with Gasteiger partial charge < -0.3 is 19.1 Å². The molecule has 1 amide bonds. The van der Waals surface area contributed by atoms with E-state index in [1.807, 2.05) is 24.8 Å². The van der Waals surface area contributed by atoms with Gasteiger partial charge >= 0.3 is 0 Å². The van der Waals surface area contributed by atoms with Crippen molar-refractivity contribution in [3.8, 4) is 0 Å². The van der Waals surface area contributed by atoms with Gasteiger partial charge in [-0.05, 0) is 45.6 Å². The van der Waals surface area contributed by atoms with Crippen LogP contribution >= 0.6 is 0 Å². The number of hydrogen-bond acceptors (Lipinski definition) is 5. The van der Waals surface area contributed by atoms with E-state index in [9.17, 15) is 4.79 Å². The first-order valence-electron chi connectivity index (χ1n) is 9.68. The molecule has 0 aromatic carbocycles. The Kier molecular flexibility index (Phi) is 6.32. The first kappa shape index (κ1) is 19.3. The summed E-state index contributed by atoms with van der Waals surface area (Å²) in [6, 6.07) is 1.87. The monoisotopic (exact) mass is 365 g/mol. The highest BCUT2D eigenvalue weighted by molar-refractivity contribution is 5.92. The smallest absolute Gasteiger partial charge is 0.272 e. The summed E-state index contributed by atoms with van der Waals surface area (Å²) >= 11 is 0. The van der Waals surface area contributed by atoms with Crippen molar-refractivity contribution in [2.75, 3.05) is 40.0 Å². The Hall–Kier alpha value is -1.44. The number of carbonyl (C=O) groups excluding carboxylic acids is 1. The molecule has 0 aliphatic carbocycles. The van der Waals surface area contributed by atoms with Gasteiger partial charge in [-0.15, -0.1) is 0 Å². The standard InChI is InChI=1S/C19H31N3O4/c1-4-25-13-11-22-16(14-15(2)20-22)18(23)21-9-7-19(8-10-21)17(24-3)6-5-12-26-19/h14,17H,4-13H2,1-3H3. The van der Waals surface area contributed by atoms with E-state index in [1.54, 1.807) is 11.8 Å². The summed E-state index contributed by atoms with van der Waals surface area (Å²) in [7, 11) is 1.76. The third-order valence-corrected chi connectivity index (χ3v) is 5.54. The van der Waals surface area contributed by atoms with Crippen molar-refractivity contribution in [1.29, 1.82) is 0 Å². The highest BCUT2D eigenvalue weighted by Gasteiger charge is 2.45. The van der Waals surface area contributed by atoms with Crippen molar-refractivity contribution >= 4 is 5.91 Å². The molecule has 146 valence electrons. The molecule has 1 unspecified atom stereocenters. The molecule has 2 aliphatic heterocycles. The average molecular weight is 365 g/mol. The van der Waals surface area contributed by atoms with Gasteiger partial charge in [0.25, 0.3) is 5.91 Å². The first-order valence-corrected chi connectivity index (χ1v) is 9.68. The molecule has 2 aliphatic rings. The van der Waals surface area contributed by atoms with E-state index in [0.717, 1.165) is 38.0 Å². The Labute approximate surface area is 155 Å². The molecule has 0 N–H and O–H groups in total. The van der Waals surface area contributed by atoms with Crippen LogP contribution in [0, 0.1) is 6.92 Å². The Balaban J connectivity index is 1.65. The van der Waals surface area contributed by atoms with E-state index in [2.05, 4.69) is 5.10 Å². The predicted molar refractivity (Wildman–Crippen MR) is 97.3 cm³/mol. The van der Waals surface area contributed by atoms with E-state index < -0.39 is 0 Å². The lowest BCUT2D eigenvalue weighted by Crippen LogP contribution is -2.56. The number of ether oxygens (including phenoxy) is 3. The normalized spacial score (nSPS) is 22.7. The number of rotatable bonds is 6. The lowest BCUT2D eigenvalue weighted by Gasteiger charge is -2.47. The Morgan fingerprint density at radius 2 is 2.19 bits per heavy atom. The second-order valence-corrected chi connectivity index (χ2v) is 7.16. The number of nitrogens with zero attached hydrogens (tertiary/aromatic N) is 3. The topological polar surface area (TPSA) is 65.8 Å². The van der Waals surface area contributed by atoms with E-state index in [0.29, 0.717) is 38.5 Å². The maximum Gasteiger partial charge on any atom is 0.272 e. The summed E-state index contributed by atoms with van der Waals surface area (Å²) in [5.74, 6) is 0.0433. The van der Waals surface area contributed by atoms with Crippen LogP contribution in [0.1, 0.15) is 48.8 Å². The SMILES string of the molecule is CCOCCn1nc(C)cc1C(=O)N1CCC2(CC1)OCCCC2OC. The van der Waals surface area contributed by atoms with Gasteiger partial charge in [0.05, 0.1) is 30.6 Å². The van der Waals surface area contributed by atoms with Crippen LogP contribution in [0.5, 0.6) is 0 Å². The van der Waals surface area contributed by atoms with E-state index in [4.69, 9.17) is 14.2 Å².